The standard InChI is InChI=1S/C20H23N3O3/c1-2-22-12-6-9-17(14-22)21-18-11-10-16(13-19(18)23(25)26)20(24)15-7-4-3-5-8-15/h3-5,7-8,10-11,13,17,21H,2,6,9,12,14H2,1H3/t17-/m0/s1. The Morgan fingerprint density at radius 2 is 2.00 bits per heavy atom. The maximum Gasteiger partial charge on any atom is 0.293 e. The molecule has 0 aromatic heterocycles. The van der Waals surface area contributed by atoms with Gasteiger partial charge in [0.2, 0.25) is 0 Å². The van der Waals surface area contributed by atoms with E-state index in [0.717, 1.165) is 32.5 Å². The van der Waals surface area contributed by atoms with Gasteiger partial charge in [0, 0.05) is 29.8 Å². The highest BCUT2D eigenvalue weighted by Crippen LogP contribution is 2.28. The molecule has 1 atom stereocenters. The van der Waals surface area contributed by atoms with Gasteiger partial charge in [-0.3, -0.25) is 14.9 Å². The van der Waals surface area contributed by atoms with E-state index >= 15 is 0 Å². The second kappa shape index (κ2) is 8.10. The molecule has 2 aromatic rings. The zero-order chi connectivity index (χ0) is 18.5. The molecule has 1 N–H and O–H groups in total. The van der Waals surface area contributed by atoms with Crippen molar-refractivity contribution in [3.05, 3.63) is 69.8 Å². The minimum absolute atomic E-state index is 0.0552. The summed E-state index contributed by atoms with van der Waals surface area (Å²) in [6.45, 7) is 5.04. The summed E-state index contributed by atoms with van der Waals surface area (Å²) in [4.78, 5) is 26.0. The van der Waals surface area contributed by atoms with Crippen molar-refractivity contribution in [2.75, 3.05) is 25.0 Å². The molecule has 0 spiro atoms. The number of rotatable bonds is 6. The van der Waals surface area contributed by atoms with Gasteiger partial charge < -0.3 is 10.2 Å². The second-order valence-corrected chi connectivity index (χ2v) is 6.56. The third-order valence-electron chi connectivity index (χ3n) is 4.80. The van der Waals surface area contributed by atoms with E-state index in [1.54, 1.807) is 36.4 Å². The Labute approximate surface area is 153 Å². The zero-order valence-electron chi connectivity index (χ0n) is 14.9. The molecule has 136 valence electrons. The third kappa shape index (κ3) is 4.08. The van der Waals surface area contributed by atoms with Crippen LogP contribution in [0.3, 0.4) is 0 Å². The number of carbonyl (C=O) groups excluding carboxylic acids is 1. The van der Waals surface area contributed by atoms with Gasteiger partial charge >= 0.3 is 0 Å². The van der Waals surface area contributed by atoms with E-state index in [2.05, 4.69) is 17.1 Å². The van der Waals surface area contributed by atoms with Crippen LogP contribution in [0, 0.1) is 10.1 Å². The van der Waals surface area contributed by atoms with E-state index < -0.39 is 4.92 Å². The summed E-state index contributed by atoms with van der Waals surface area (Å²) < 4.78 is 0. The van der Waals surface area contributed by atoms with E-state index in [9.17, 15) is 14.9 Å². The van der Waals surface area contributed by atoms with E-state index in [0.29, 0.717) is 16.8 Å². The van der Waals surface area contributed by atoms with Gasteiger partial charge in [-0.05, 0) is 38.1 Å². The molecule has 1 aliphatic rings. The average Bonchev–Trinajstić information content (AvgIpc) is 2.68. The molecule has 3 rings (SSSR count). The summed E-state index contributed by atoms with van der Waals surface area (Å²) in [5.74, 6) is -0.213. The van der Waals surface area contributed by atoms with Crippen molar-refractivity contribution in [1.82, 2.24) is 4.90 Å². The first-order valence-electron chi connectivity index (χ1n) is 8.95. The van der Waals surface area contributed by atoms with Crippen LogP contribution >= 0.6 is 0 Å². The van der Waals surface area contributed by atoms with Crippen molar-refractivity contribution in [2.45, 2.75) is 25.8 Å². The van der Waals surface area contributed by atoms with Gasteiger partial charge in [-0.1, -0.05) is 37.3 Å². The summed E-state index contributed by atoms with van der Waals surface area (Å²) in [5, 5.41) is 14.8. The molecular weight excluding hydrogens is 330 g/mol. The molecule has 6 nitrogen and oxygen atoms in total. The van der Waals surface area contributed by atoms with Gasteiger partial charge in [-0.15, -0.1) is 0 Å². The lowest BCUT2D eigenvalue weighted by molar-refractivity contribution is -0.384. The first kappa shape index (κ1) is 18.1. The van der Waals surface area contributed by atoms with Gasteiger partial charge in [-0.25, -0.2) is 0 Å². The normalized spacial score (nSPS) is 17.7. The molecule has 6 heteroatoms. The fraction of sp³-hybridized carbons (Fsp3) is 0.350. The Balaban J connectivity index is 1.83. The fourth-order valence-corrected chi connectivity index (χ4v) is 3.38. The average molecular weight is 353 g/mol. The number of likely N-dealkylation sites (tertiary alicyclic amines) is 1. The van der Waals surface area contributed by atoms with E-state index in [1.807, 2.05) is 6.07 Å². The van der Waals surface area contributed by atoms with Crippen LogP contribution in [0.15, 0.2) is 48.5 Å². The molecular formula is C20H23N3O3. The highest BCUT2D eigenvalue weighted by molar-refractivity contribution is 6.09. The maximum absolute atomic E-state index is 12.6. The van der Waals surface area contributed by atoms with Crippen molar-refractivity contribution in [3.63, 3.8) is 0 Å². The predicted molar refractivity (Wildman–Crippen MR) is 102 cm³/mol. The number of hydrogen-bond acceptors (Lipinski definition) is 5. The van der Waals surface area contributed by atoms with Gasteiger partial charge in [-0.2, -0.15) is 0 Å². The van der Waals surface area contributed by atoms with Gasteiger partial charge in [0.25, 0.3) is 5.69 Å². The van der Waals surface area contributed by atoms with E-state index in [-0.39, 0.29) is 17.5 Å². The minimum atomic E-state index is -0.426. The van der Waals surface area contributed by atoms with E-state index in [1.165, 1.54) is 6.07 Å². The lowest BCUT2D eigenvalue weighted by Gasteiger charge is -2.32. The number of nitro benzene ring substituents is 1. The monoisotopic (exact) mass is 353 g/mol. The number of ketones is 1. The van der Waals surface area contributed by atoms with Crippen LogP contribution in [0.4, 0.5) is 11.4 Å². The van der Waals surface area contributed by atoms with Gasteiger partial charge in [0.1, 0.15) is 5.69 Å². The molecule has 0 saturated carbocycles. The summed E-state index contributed by atoms with van der Waals surface area (Å²) in [5.41, 5.74) is 1.27. The Morgan fingerprint density at radius 1 is 1.23 bits per heavy atom. The van der Waals surface area contributed by atoms with Crippen LogP contribution in [0.1, 0.15) is 35.7 Å². The predicted octanol–water partition coefficient (Wildman–Crippen LogP) is 3.72. The number of nitrogens with zero attached hydrogens (tertiary/aromatic N) is 2. The van der Waals surface area contributed by atoms with Crippen molar-refractivity contribution in [1.29, 1.82) is 0 Å². The molecule has 0 amide bonds. The molecule has 0 radical (unpaired) electrons. The largest absolute Gasteiger partial charge is 0.375 e. The quantitative estimate of drug-likeness (QED) is 0.487. The van der Waals surface area contributed by atoms with Crippen molar-refractivity contribution >= 4 is 17.2 Å². The fourth-order valence-electron chi connectivity index (χ4n) is 3.38. The summed E-state index contributed by atoms with van der Waals surface area (Å²) in [7, 11) is 0. The molecule has 26 heavy (non-hydrogen) atoms. The number of piperidine rings is 1. The smallest absolute Gasteiger partial charge is 0.293 e. The second-order valence-electron chi connectivity index (χ2n) is 6.56. The number of carbonyl (C=O) groups is 1. The summed E-state index contributed by atoms with van der Waals surface area (Å²) >= 11 is 0. The molecule has 2 aromatic carbocycles. The molecule has 0 aliphatic carbocycles. The zero-order valence-corrected chi connectivity index (χ0v) is 14.9. The Bertz CT molecular complexity index is 792. The Hall–Kier alpha value is -2.73. The number of anilines is 1. The topological polar surface area (TPSA) is 75.5 Å². The number of nitro groups is 1. The highest BCUT2D eigenvalue weighted by Gasteiger charge is 2.23. The Kier molecular flexibility index (Phi) is 5.63. The van der Waals surface area contributed by atoms with Crippen LogP contribution in [0.2, 0.25) is 0 Å². The maximum atomic E-state index is 12.6. The number of benzene rings is 2. The van der Waals surface area contributed by atoms with Crippen LogP contribution in [0.25, 0.3) is 0 Å². The van der Waals surface area contributed by atoms with Crippen molar-refractivity contribution in [3.8, 4) is 0 Å². The summed E-state index contributed by atoms with van der Waals surface area (Å²) in [6.07, 6.45) is 2.06. The third-order valence-corrected chi connectivity index (χ3v) is 4.80. The number of nitrogens with one attached hydrogen (secondary N) is 1. The lowest BCUT2D eigenvalue weighted by Crippen LogP contribution is -2.41. The van der Waals surface area contributed by atoms with Crippen molar-refractivity contribution < 1.29 is 9.72 Å². The molecule has 0 bridgehead atoms. The van der Waals surface area contributed by atoms with Crippen LogP contribution in [0.5, 0.6) is 0 Å². The highest BCUT2D eigenvalue weighted by atomic mass is 16.6. The molecule has 1 aliphatic heterocycles. The number of hydrogen-bond donors (Lipinski definition) is 1. The first-order valence-corrected chi connectivity index (χ1v) is 8.95. The minimum Gasteiger partial charge on any atom is -0.375 e. The summed E-state index contributed by atoms with van der Waals surface area (Å²) in [6, 6.07) is 13.7. The number of likely N-dealkylation sites (N-methyl/N-ethyl adjacent to an activating group) is 1. The van der Waals surface area contributed by atoms with Crippen LogP contribution in [-0.2, 0) is 0 Å². The molecule has 1 fully saturated rings. The van der Waals surface area contributed by atoms with Crippen LogP contribution < -0.4 is 5.32 Å². The van der Waals surface area contributed by atoms with Crippen LogP contribution in [-0.4, -0.2) is 41.3 Å². The first-order chi connectivity index (χ1) is 12.6. The van der Waals surface area contributed by atoms with Gasteiger partial charge in [0.15, 0.2) is 5.78 Å². The Morgan fingerprint density at radius 3 is 2.69 bits per heavy atom. The van der Waals surface area contributed by atoms with Gasteiger partial charge in [0.05, 0.1) is 4.92 Å². The SMILES string of the molecule is CCN1CCC[C@H](Nc2ccc(C(=O)c3ccccc3)cc2[N+](=O)[O-])C1. The van der Waals surface area contributed by atoms with Crippen molar-refractivity contribution in [2.24, 2.45) is 0 Å². The van der Waals surface area contributed by atoms with E-state index in [4.69, 9.17) is 0 Å². The molecule has 0 unspecified atom stereocenters. The molecule has 1 saturated heterocycles. The molecule has 1 heterocycles. The lowest BCUT2D eigenvalue weighted by atomic mass is 10.0.